The molecule has 0 radical (unpaired) electrons. The number of imidazole rings is 1. The molecule has 0 saturated carbocycles. The van der Waals surface area contributed by atoms with Crippen molar-refractivity contribution in [1.29, 1.82) is 0 Å². The van der Waals surface area contributed by atoms with Gasteiger partial charge in [0.1, 0.15) is 12.1 Å². The van der Waals surface area contributed by atoms with Gasteiger partial charge >= 0.3 is 0 Å². The molecule has 0 atom stereocenters. The van der Waals surface area contributed by atoms with Gasteiger partial charge in [0.25, 0.3) is 6.47 Å². The number of rotatable bonds is 6. The van der Waals surface area contributed by atoms with Crippen molar-refractivity contribution in [3.8, 4) is 0 Å². The van der Waals surface area contributed by atoms with Gasteiger partial charge in [-0.3, -0.25) is 4.79 Å². The Morgan fingerprint density at radius 3 is 2.96 bits per heavy atom. The first-order chi connectivity index (χ1) is 11.2. The highest BCUT2D eigenvalue weighted by Crippen LogP contribution is 2.31. The van der Waals surface area contributed by atoms with E-state index in [-0.39, 0.29) is 17.8 Å². The number of benzene rings is 2. The third-order valence-electron chi connectivity index (χ3n) is 3.54. The molecule has 0 spiro atoms. The number of nitrogens with zero attached hydrogens (tertiary/aromatic N) is 1. The maximum absolute atomic E-state index is 14.8. The Labute approximate surface area is 131 Å². The van der Waals surface area contributed by atoms with E-state index in [9.17, 15) is 9.18 Å². The summed E-state index contributed by atoms with van der Waals surface area (Å²) in [6.45, 7) is 0.588. The molecule has 3 aromatic rings. The number of hydrogen-bond acceptors (Lipinski definition) is 5. The fraction of sp³-hybridized carbons (Fsp3) is 0.125. The summed E-state index contributed by atoms with van der Waals surface area (Å²) in [6.07, 6.45) is 1.41. The Bertz CT molecular complexity index is 847. The molecule has 1 aromatic heterocycles. The number of nitrogens with one attached hydrogen (secondary N) is 2. The smallest absolute Gasteiger partial charge is 0.293 e. The lowest BCUT2D eigenvalue weighted by molar-refractivity contribution is -0.129. The van der Waals surface area contributed by atoms with Crippen LogP contribution in [-0.2, 0) is 22.7 Å². The van der Waals surface area contributed by atoms with Crippen molar-refractivity contribution in [3.05, 3.63) is 53.6 Å². The monoisotopic (exact) mass is 314 g/mol. The fourth-order valence-electron chi connectivity index (χ4n) is 2.42. The molecule has 0 bridgehead atoms. The minimum atomic E-state index is -0.514. The summed E-state index contributed by atoms with van der Waals surface area (Å²) < 4.78 is 19.6. The Morgan fingerprint density at radius 1 is 1.35 bits per heavy atom. The molecule has 3 rings (SSSR count). The molecule has 0 saturated heterocycles. The van der Waals surface area contributed by atoms with Gasteiger partial charge < -0.3 is 20.8 Å². The summed E-state index contributed by atoms with van der Waals surface area (Å²) >= 11 is 0. The third-order valence-corrected chi connectivity index (χ3v) is 3.54. The number of aromatic nitrogens is 2. The van der Waals surface area contributed by atoms with Crippen molar-refractivity contribution in [3.63, 3.8) is 0 Å². The van der Waals surface area contributed by atoms with Crippen LogP contribution in [0, 0.1) is 5.82 Å². The van der Waals surface area contributed by atoms with E-state index in [2.05, 4.69) is 15.3 Å². The molecule has 0 aliphatic carbocycles. The number of halogens is 1. The van der Waals surface area contributed by atoms with E-state index in [0.717, 1.165) is 5.56 Å². The van der Waals surface area contributed by atoms with Crippen LogP contribution in [0.5, 0.6) is 0 Å². The first-order valence-corrected chi connectivity index (χ1v) is 6.99. The number of fused-ring (bicyclic) bond motifs is 1. The number of carbonyl (C=O) groups is 1. The van der Waals surface area contributed by atoms with E-state index in [1.54, 1.807) is 12.1 Å². The number of anilines is 2. The molecule has 4 N–H and O–H groups in total. The highest BCUT2D eigenvalue weighted by Gasteiger charge is 2.17. The number of aromatic amines is 1. The first-order valence-electron chi connectivity index (χ1n) is 6.99. The van der Waals surface area contributed by atoms with Gasteiger partial charge in [-0.15, -0.1) is 0 Å². The molecule has 0 unspecified atom stereocenters. The Morgan fingerprint density at radius 2 is 2.17 bits per heavy atom. The van der Waals surface area contributed by atoms with Crippen LogP contribution in [0.4, 0.5) is 15.8 Å². The van der Waals surface area contributed by atoms with Crippen LogP contribution in [0.2, 0.25) is 0 Å². The van der Waals surface area contributed by atoms with Gasteiger partial charge in [0.05, 0.1) is 17.5 Å². The van der Waals surface area contributed by atoms with Gasteiger partial charge in [-0.1, -0.05) is 18.2 Å². The average molecular weight is 314 g/mol. The molecule has 0 amide bonds. The van der Waals surface area contributed by atoms with Crippen LogP contribution in [0.3, 0.4) is 0 Å². The minimum absolute atomic E-state index is 0.0531. The van der Waals surface area contributed by atoms with Crippen LogP contribution in [0.25, 0.3) is 11.0 Å². The van der Waals surface area contributed by atoms with Gasteiger partial charge in [0.2, 0.25) is 0 Å². The zero-order chi connectivity index (χ0) is 16.2. The second-order valence-corrected chi connectivity index (χ2v) is 4.92. The van der Waals surface area contributed by atoms with E-state index in [0.29, 0.717) is 29.8 Å². The predicted molar refractivity (Wildman–Crippen MR) is 84.5 cm³/mol. The molecule has 118 valence electrons. The number of para-hydroxylation sites is 1. The van der Waals surface area contributed by atoms with Crippen molar-refractivity contribution in [2.75, 3.05) is 5.32 Å². The van der Waals surface area contributed by atoms with Crippen LogP contribution in [0.15, 0.2) is 36.7 Å². The largest absolute Gasteiger partial charge is 0.463 e. The van der Waals surface area contributed by atoms with Gasteiger partial charge in [-0.05, 0) is 17.7 Å². The van der Waals surface area contributed by atoms with E-state index >= 15 is 0 Å². The van der Waals surface area contributed by atoms with Crippen LogP contribution < -0.4 is 11.1 Å². The quantitative estimate of drug-likeness (QED) is 0.608. The minimum Gasteiger partial charge on any atom is -0.463 e. The molecule has 1 heterocycles. The van der Waals surface area contributed by atoms with Crippen molar-refractivity contribution in [2.24, 2.45) is 5.73 Å². The first kappa shape index (κ1) is 15.0. The summed E-state index contributed by atoms with van der Waals surface area (Å²) in [7, 11) is 0. The second-order valence-electron chi connectivity index (χ2n) is 4.92. The number of carbonyl (C=O) groups excluding carboxylic acids is 1. The maximum Gasteiger partial charge on any atom is 0.293 e. The second kappa shape index (κ2) is 6.45. The van der Waals surface area contributed by atoms with Gasteiger partial charge in [-0.25, -0.2) is 9.37 Å². The Hall–Kier alpha value is -2.93. The zero-order valence-electron chi connectivity index (χ0n) is 12.2. The number of ether oxygens (including phenoxy) is 1. The predicted octanol–water partition coefficient (Wildman–Crippen LogP) is 2.58. The topological polar surface area (TPSA) is 93.0 Å². The normalized spacial score (nSPS) is 10.7. The molecule has 0 aliphatic rings. The van der Waals surface area contributed by atoms with E-state index in [4.69, 9.17) is 10.5 Å². The summed E-state index contributed by atoms with van der Waals surface area (Å²) in [5.74, 6) is -0.514. The molecule has 0 aliphatic heterocycles. The molecule has 7 heteroatoms. The lowest BCUT2D eigenvalue weighted by atomic mass is 10.1. The molecule has 6 nitrogen and oxygen atoms in total. The van der Waals surface area contributed by atoms with Crippen molar-refractivity contribution < 1.29 is 13.9 Å². The summed E-state index contributed by atoms with van der Waals surface area (Å²) in [5, 5.41) is 3.05. The van der Waals surface area contributed by atoms with Crippen molar-refractivity contribution in [1.82, 2.24) is 9.97 Å². The molecule has 2 aromatic carbocycles. The lowest BCUT2D eigenvalue weighted by Gasteiger charge is -2.15. The van der Waals surface area contributed by atoms with Gasteiger partial charge in [0, 0.05) is 17.8 Å². The average Bonchev–Trinajstić information content (AvgIpc) is 3.05. The number of H-pyrrole nitrogens is 1. The molecule has 0 fully saturated rings. The van der Waals surface area contributed by atoms with Crippen molar-refractivity contribution in [2.45, 2.75) is 13.2 Å². The molecular weight excluding hydrogens is 299 g/mol. The van der Waals surface area contributed by atoms with E-state index < -0.39 is 5.82 Å². The molecule has 23 heavy (non-hydrogen) atoms. The lowest BCUT2D eigenvalue weighted by Crippen LogP contribution is -2.06. The Kier molecular flexibility index (Phi) is 4.20. The maximum atomic E-state index is 14.8. The van der Waals surface area contributed by atoms with Crippen LogP contribution in [-0.4, -0.2) is 16.4 Å². The zero-order valence-corrected chi connectivity index (χ0v) is 12.2. The SMILES string of the molecule is NCc1ccccc1Nc1c(COC=O)cc2[nH]cnc2c1F. The number of hydrogen-bond donors (Lipinski definition) is 3. The highest BCUT2D eigenvalue weighted by molar-refractivity contribution is 5.84. The number of nitrogens with two attached hydrogens (primary N) is 1. The molecular formula is C16H15FN4O2. The van der Waals surface area contributed by atoms with Gasteiger partial charge in [0.15, 0.2) is 5.82 Å². The summed E-state index contributed by atoms with van der Waals surface area (Å²) in [4.78, 5) is 17.3. The van der Waals surface area contributed by atoms with Gasteiger partial charge in [-0.2, -0.15) is 0 Å². The van der Waals surface area contributed by atoms with Crippen molar-refractivity contribution >= 4 is 28.9 Å². The highest BCUT2D eigenvalue weighted by atomic mass is 19.1. The van der Waals surface area contributed by atoms with Crippen LogP contribution in [0.1, 0.15) is 11.1 Å². The summed E-state index contributed by atoms with van der Waals surface area (Å²) in [5.41, 5.74) is 8.71. The van der Waals surface area contributed by atoms with E-state index in [1.807, 2.05) is 18.2 Å². The fourth-order valence-corrected chi connectivity index (χ4v) is 2.42. The summed E-state index contributed by atoms with van der Waals surface area (Å²) in [6, 6.07) is 9.04. The van der Waals surface area contributed by atoms with Crippen LogP contribution >= 0.6 is 0 Å². The standard InChI is InChI=1S/C16H15FN4O2/c17-14-15(21-12-4-2-1-3-10(12)6-18)11(7-23-9-22)5-13-16(14)20-8-19-13/h1-5,8-9,21H,6-7,18H2,(H,19,20). The Balaban J connectivity index is 2.10. The third kappa shape index (κ3) is 2.86. The van der Waals surface area contributed by atoms with E-state index in [1.165, 1.54) is 6.33 Å².